The molecule has 0 radical (unpaired) electrons. The number of amides is 1. The first-order valence-electron chi connectivity index (χ1n) is 10.9. The van der Waals surface area contributed by atoms with Gasteiger partial charge in [0.25, 0.3) is 11.5 Å². The van der Waals surface area contributed by atoms with Crippen molar-refractivity contribution in [3.8, 4) is 11.4 Å². The average Bonchev–Trinajstić information content (AvgIpc) is 3.26. The highest BCUT2D eigenvalue weighted by atomic mass is 32.1. The fraction of sp³-hybridized carbons (Fsp3) is 0.250. The van der Waals surface area contributed by atoms with Crippen LogP contribution in [-0.2, 0) is 0 Å². The van der Waals surface area contributed by atoms with Crippen LogP contribution in [0.3, 0.4) is 0 Å². The van der Waals surface area contributed by atoms with Crippen molar-refractivity contribution >= 4 is 38.7 Å². The minimum atomic E-state index is -0.354. The molecule has 1 amide bonds. The van der Waals surface area contributed by atoms with E-state index in [1.807, 2.05) is 25.3 Å². The normalized spacial score (nSPS) is 13.9. The number of aryl methyl sites for hydroxylation is 1. The van der Waals surface area contributed by atoms with Crippen LogP contribution in [0.5, 0.6) is 5.75 Å². The molecule has 10 heteroatoms. The van der Waals surface area contributed by atoms with Crippen LogP contribution >= 0.6 is 11.3 Å². The maximum atomic E-state index is 13.6. The monoisotopic (exact) mass is 476 g/mol. The topological polar surface area (TPSA) is 107 Å². The van der Waals surface area contributed by atoms with Crippen molar-refractivity contribution in [3.05, 3.63) is 69.7 Å². The van der Waals surface area contributed by atoms with Crippen molar-refractivity contribution in [3.63, 3.8) is 0 Å². The molecule has 4 aromatic rings. The Labute approximate surface area is 200 Å². The number of hydrogen-bond donors (Lipinski definition) is 1. The fourth-order valence-corrected chi connectivity index (χ4v) is 4.88. The Morgan fingerprint density at radius 1 is 1.06 bits per heavy atom. The van der Waals surface area contributed by atoms with Crippen LogP contribution in [0.2, 0.25) is 0 Å². The first kappa shape index (κ1) is 21.9. The Bertz CT molecular complexity index is 1400. The Morgan fingerprint density at radius 2 is 1.76 bits per heavy atom. The van der Waals surface area contributed by atoms with Crippen LogP contribution in [-0.4, -0.2) is 58.9 Å². The van der Waals surface area contributed by atoms with Crippen molar-refractivity contribution in [1.82, 2.24) is 19.7 Å². The molecule has 0 saturated carbocycles. The van der Waals surface area contributed by atoms with Crippen LogP contribution < -0.4 is 20.9 Å². The van der Waals surface area contributed by atoms with Crippen LogP contribution in [0.25, 0.3) is 16.5 Å². The highest BCUT2D eigenvalue weighted by molar-refractivity contribution is 7.15. The number of hydrogen-bond acceptors (Lipinski definition) is 8. The summed E-state index contributed by atoms with van der Waals surface area (Å²) in [7, 11) is 1.57. The summed E-state index contributed by atoms with van der Waals surface area (Å²) in [4.78, 5) is 35.1. The van der Waals surface area contributed by atoms with Gasteiger partial charge in [0.2, 0.25) is 0 Å². The Balaban J connectivity index is 1.47. The number of aromatic nitrogens is 3. The van der Waals surface area contributed by atoms with Gasteiger partial charge in [0.05, 0.1) is 35.1 Å². The molecule has 1 fully saturated rings. The van der Waals surface area contributed by atoms with Crippen molar-refractivity contribution in [2.24, 2.45) is 0 Å². The number of methoxy groups -OCH3 is 1. The summed E-state index contributed by atoms with van der Waals surface area (Å²) in [5.74, 6) is 0.442. The summed E-state index contributed by atoms with van der Waals surface area (Å²) >= 11 is 1.24. The molecule has 9 nitrogen and oxygen atoms in total. The standard InChI is InChI=1S/C24H24N6O3S/c1-15-3-4-17(13-26-15)28-9-11-29(12-10-28)24(32)21-19-14-34-22(25)20(19)23(31)30(27-21)16-5-7-18(33-2)8-6-16/h3-8,13-14H,9-12,25H2,1-2H3. The summed E-state index contributed by atoms with van der Waals surface area (Å²) in [6, 6.07) is 11.0. The third kappa shape index (κ3) is 3.86. The van der Waals surface area contributed by atoms with Gasteiger partial charge in [0.1, 0.15) is 5.75 Å². The van der Waals surface area contributed by atoms with Gasteiger partial charge >= 0.3 is 0 Å². The highest BCUT2D eigenvalue weighted by Gasteiger charge is 2.27. The first-order valence-corrected chi connectivity index (χ1v) is 11.8. The molecular formula is C24H24N6O3S. The molecular weight excluding hydrogens is 452 g/mol. The van der Waals surface area contributed by atoms with Crippen molar-refractivity contribution in [2.45, 2.75) is 6.92 Å². The van der Waals surface area contributed by atoms with Gasteiger partial charge in [-0.2, -0.15) is 9.78 Å². The molecule has 4 heterocycles. The van der Waals surface area contributed by atoms with E-state index in [2.05, 4.69) is 15.0 Å². The van der Waals surface area contributed by atoms with Crippen LogP contribution in [0.1, 0.15) is 16.2 Å². The quantitative estimate of drug-likeness (QED) is 0.483. The van der Waals surface area contributed by atoms with E-state index in [0.717, 1.165) is 11.4 Å². The van der Waals surface area contributed by atoms with E-state index in [-0.39, 0.29) is 17.2 Å². The van der Waals surface area contributed by atoms with Gasteiger partial charge in [0, 0.05) is 42.6 Å². The lowest BCUT2D eigenvalue weighted by Gasteiger charge is -2.35. The zero-order valence-electron chi connectivity index (χ0n) is 18.9. The summed E-state index contributed by atoms with van der Waals surface area (Å²) in [5.41, 5.74) is 8.54. The molecule has 0 atom stereocenters. The Kier molecular flexibility index (Phi) is 5.66. The van der Waals surface area contributed by atoms with Gasteiger partial charge in [-0.25, -0.2) is 0 Å². The molecule has 1 aliphatic rings. The Hall–Kier alpha value is -3.92. The maximum Gasteiger partial charge on any atom is 0.282 e. The number of benzene rings is 1. The van der Waals surface area contributed by atoms with Crippen molar-refractivity contribution in [2.75, 3.05) is 43.9 Å². The molecule has 1 aliphatic heterocycles. The molecule has 0 bridgehead atoms. The van der Waals surface area contributed by atoms with E-state index in [4.69, 9.17) is 10.5 Å². The summed E-state index contributed by atoms with van der Waals surface area (Å²) < 4.78 is 6.45. The van der Waals surface area contributed by atoms with Gasteiger partial charge in [-0.15, -0.1) is 11.3 Å². The zero-order chi connectivity index (χ0) is 23.8. The first-order chi connectivity index (χ1) is 16.5. The molecule has 1 aromatic carbocycles. The van der Waals surface area contributed by atoms with Gasteiger partial charge in [0.15, 0.2) is 5.69 Å². The number of anilines is 2. The van der Waals surface area contributed by atoms with E-state index in [1.165, 1.54) is 16.0 Å². The minimum Gasteiger partial charge on any atom is -0.497 e. The lowest BCUT2D eigenvalue weighted by atomic mass is 10.2. The number of thiophene rings is 1. The molecule has 5 rings (SSSR count). The minimum absolute atomic E-state index is 0.216. The molecule has 34 heavy (non-hydrogen) atoms. The fourth-order valence-electron chi connectivity index (χ4n) is 4.09. The summed E-state index contributed by atoms with van der Waals surface area (Å²) in [5, 5.41) is 7.42. The van der Waals surface area contributed by atoms with E-state index >= 15 is 0 Å². The second-order valence-electron chi connectivity index (χ2n) is 8.09. The molecule has 0 aliphatic carbocycles. The van der Waals surface area contributed by atoms with Crippen molar-refractivity contribution < 1.29 is 9.53 Å². The zero-order valence-corrected chi connectivity index (χ0v) is 19.7. The number of nitrogens with two attached hydrogens (primary N) is 1. The van der Waals surface area contributed by atoms with Gasteiger partial charge in [-0.1, -0.05) is 0 Å². The number of nitrogen functional groups attached to an aromatic ring is 1. The largest absolute Gasteiger partial charge is 0.497 e. The highest BCUT2D eigenvalue weighted by Crippen LogP contribution is 2.28. The summed E-state index contributed by atoms with van der Waals surface area (Å²) in [6.45, 7) is 4.40. The predicted molar refractivity (Wildman–Crippen MR) is 133 cm³/mol. The molecule has 3 aromatic heterocycles. The predicted octanol–water partition coefficient (Wildman–Crippen LogP) is 2.70. The number of ether oxygens (including phenoxy) is 1. The molecule has 0 spiro atoms. The van der Waals surface area contributed by atoms with Gasteiger partial charge in [-0.05, 0) is 43.3 Å². The van der Waals surface area contributed by atoms with E-state index < -0.39 is 0 Å². The van der Waals surface area contributed by atoms with Gasteiger partial charge < -0.3 is 20.3 Å². The van der Waals surface area contributed by atoms with E-state index in [1.54, 1.807) is 41.7 Å². The maximum absolute atomic E-state index is 13.6. The molecule has 174 valence electrons. The van der Waals surface area contributed by atoms with E-state index in [9.17, 15) is 9.59 Å². The number of fused-ring (bicyclic) bond motifs is 1. The summed E-state index contributed by atoms with van der Waals surface area (Å²) in [6.07, 6.45) is 1.86. The third-order valence-corrected chi connectivity index (χ3v) is 6.84. The van der Waals surface area contributed by atoms with Crippen LogP contribution in [0, 0.1) is 6.92 Å². The number of piperazine rings is 1. The molecule has 1 saturated heterocycles. The Morgan fingerprint density at radius 3 is 2.41 bits per heavy atom. The van der Waals surface area contributed by atoms with Gasteiger partial charge in [-0.3, -0.25) is 14.6 Å². The third-order valence-electron chi connectivity index (χ3n) is 6.03. The number of carbonyl (C=O) groups is 1. The second kappa shape index (κ2) is 8.79. The van der Waals surface area contributed by atoms with Crippen LogP contribution in [0.15, 0.2) is 52.8 Å². The lowest BCUT2D eigenvalue weighted by molar-refractivity contribution is 0.0741. The number of nitrogens with zero attached hydrogens (tertiary/aromatic N) is 5. The van der Waals surface area contributed by atoms with E-state index in [0.29, 0.717) is 53.4 Å². The smallest absolute Gasteiger partial charge is 0.282 e. The average molecular weight is 477 g/mol. The number of carbonyl (C=O) groups excluding carboxylic acids is 1. The molecule has 0 unspecified atom stereocenters. The lowest BCUT2D eigenvalue weighted by Crippen LogP contribution is -2.49. The van der Waals surface area contributed by atoms with Crippen molar-refractivity contribution in [1.29, 1.82) is 0 Å². The second-order valence-corrected chi connectivity index (χ2v) is 9.00. The number of rotatable bonds is 4. The SMILES string of the molecule is COc1ccc(-n2nc(C(=O)N3CCN(c4ccc(C)nc4)CC3)c3csc(N)c3c2=O)cc1. The number of pyridine rings is 1. The van der Waals surface area contributed by atoms with Crippen LogP contribution in [0.4, 0.5) is 10.7 Å². The molecule has 2 N–H and O–H groups in total.